The molecule has 1 aliphatic heterocycles. The zero-order valence-corrected chi connectivity index (χ0v) is 18.7. The van der Waals surface area contributed by atoms with E-state index in [9.17, 15) is 4.79 Å². The Hall–Kier alpha value is -2.73. The number of carbonyl (C=O) groups is 1. The summed E-state index contributed by atoms with van der Waals surface area (Å²) in [5, 5.41) is 6.07. The van der Waals surface area contributed by atoms with Crippen LogP contribution in [-0.2, 0) is 13.0 Å². The van der Waals surface area contributed by atoms with Crippen LogP contribution >= 0.6 is 0 Å². The molecule has 0 fully saturated rings. The molecule has 1 aliphatic rings. The van der Waals surface area contributed by atoms with E-state index in [1.54, 1.807) is 14.2 Å². The molecule has 1 unspecified atom stereocenters. The van der Waals surface area contributed by atoms with Crippen LogP contribution in [0, 0.1) is 0 Å². The van der Waals surface area contributed by atoms with Crippen molar-refractivity contribution < 1.29 is 19.2 Å². The van der Waals surface area contributed by atoms with Gasteiger partial charge in [-0.2, -0.15) is 0 Å². The maximum Gasteiger partial charge on any atom is 0.315 e. The van der Waals surface area contributed by atoms with Gasteiger partial charge in [-0.05, 0) is 38.5 Å². The molecule has 30 heavy (non-hydrogen) atoms. The number of hydrogen-bond donors (Lipinski definition) is 3. The molecule has 6 heteroatoms. The normalized spacial score (nSPS) is 18.3. The maximum absolute atomic E-state index is 12.4. The number of nitrogens with one attached hydrogen (secondary N) is 3. The Labute approximate surface area is 179 Å². The summed E-state index contributed by atoms with van der Waals surface area (Å²) < 4.78 is 11.1. The van der Waals surface area contributed by atoms with Gasteiger partial charge in [-0.1, -0.05) is 30.3 Å². The predicted molar refractivity (Wildman–Crippen MR) is 118 cm³/mol. The molecular weight excluding hydrogens is 378 g/mol. The zero-order valence-electron chi connectivity index (χ0n) is 18.7. The van der Waals surface area contributed by atoms with E-state index in [1.165, 1.54) is 21.6 Å². The first-order chi connectivity index (χ1) is 14.3. The second kappa shape index (κ2) is 9.39. The third kappa shape index (κ3) is 5.45. The number of quaternary nitrogens is 1. The fourth-order valence-electron chi connectivity index (χ4n) is 4.07. The quantitative estimate of drug-likeness (QED) is 0.683. The number of rotatable bonds is 6. The number of amides is 2. The molecule has 6 nitrogen and oxygen atoms in total. The Morgan fingerprint density at radius 1 is 1.10 bits per heavy atom. The highest BCUT2D eigenvalue weighted by atomic mass is 16.5. The number of carbonyl (C=O) groups excluding carboxylic acids is 1. The number of ether oxygens (including phenoxy) is 2. The van der Waals surface area contributed by atoms with Crippen molar-refractivity contribution >= 4 is 6.03 Å². The fraction of sp³-hybridized carbons (Fsp3) is 0.458. The van der Waals surface area contributed by atoms with Crippen LogP contribution in [0.1, 0.15) is 43.5 Å². The van der Waals surface area contributed by atoms with E-state index in [0.29, 0.717) is 6.54 Å². The van der Waals surface area contributed by atoms with Crippen molar-refractivity contribution in [1.82, 2.24) is 10.6 Å². The standard InChI is InChI=1S/C24H33N3O3/c1-24(2,3)26-23(28)25-15-20-19-14-22(30-5)21(29-4)13-18(19)11-12-27(20)16-17-9-7-6-8-10-17/h6-10,13-14,20H,11-12,15-16H2,1-5H3,(H2,25,26,28)/p+1/t20-/m0/s1. The molecule has 1 heterocycles. The van der Waals surface area contributed by atoms with Crippen LogP contribution < -0.4 is 25.0 Å². The van der Waals surface area contributed by atoms with Crippen molar-refractivity contribution in [3.63, 3.8) is 0 Å². The molecule has 2 amide bonds. The minimum Gasteiger partial charge on any atom is -0.493 e. The Bertz CT molecular complexity index is 862. The van der Waals surface area contributed by atoms with Crippen molar-refractivity contribution in [2.45, 2.75) is 45.3 Å². The van der Waals surface area contributed by atoms with Gasteiger partial charge < -0.3 is 25.0 Å². The smallest absolute Gasteiger partial charge is 0.315 e. The Morgan fingerprint density at radius 3 is 2.40 bits per heavy atom. The van der Waals surface area contributed by atoms with Gasteiger partial charge in [0, 0.05) is 23.1 Å². The van der Waals surface area contributed by atoms with E-state index in [1.807, 2.05) is 26.8 Å². The zero-order chi connectivity index (χ0) is 21.7. The fourth-order valence-corrected chi connectivity index (χ4v) is 4.07. The van der Waals surface area contributed by atoms with E-state index in [-0.39, 0.29) is 17.6 Å². The first-order valence-electron chi connectivity index (χ1n) is 10.5. The molecule has 0 bridgehead atoms. The number of benzene rings is 2. The van der Waals surface area contributed by atoms with Gasteiger partial charge in [-0.3, -0.25) is 0 Å². The largest absolute Gasteiger partial charge is 0.493 e. The highest BCUT2D eigenvalue weighted by Crippen LogP contribution is 2.34. The Morgan fingerprint density at radius 2 is 1.77 bits per heavy atom. The van der Waals surface area contributed by atoms with Gasteiger partial charge in [0.05, 0.1) is 27.3 Å². The second-order valence-electron chi connectivity index (χ2n) is 8.86. The summed E-state index contributed by atoms with van der Waals surface area (Å²) in [5.74, 6) is 1.47. The molecule has 0 aliphatic carbocycles. The third-order valence-corrected chi connectivity index (χ3v) is 5.46. The highest BCUT2D eigenvalue weighted by Gasteiger charge is 2.33. The molecule has 0 spiro atoms. The molecule has 2 aromatic rings. The number of hydrogen-bond acceptors (Lipinski definition) is 3. The summed E-state index contributed by atoms with van der Waals surface area (Å²) in [6, 6.07) is 14.6. The van der Waals surface area contributed by atoms with Crippen molar-refractivity contribution in [3.8, 4) is 11.5 Å². The van der Waals surface area contributed by atoms with Crippen LogP contribution in [0.25, 0.3) is 0 Å². The molecule has 0 radical (unpaired) electrons. The second-order valence-corrected chi connectivity index (χ2v) is 8.86. The van der Waals surface area contributed by atoms with E-state index < -0.39 is 0 Å². The molecule has 3 rings (SSSR count). The van der Waals surface area contributed by atoms with Gasteiger partial charge in [0.1, 0.15) is 12.6 Å². The van der Waals surface area contributed by atoms with Crippen molar-refractivity contribution in [1.29, 1.82) is 0 Å². The van der Waals surface area contributed by atoms with E-state index in [0.717, 1.165) is 31.0 Å². The van der Waals surface area contributed by atoms with Crippen LogP contribution in [0.4, 0.5) is 4.79 Å². The maximum atomic E-state index is 12.4. The van der Waals surface area contributed by atoms with Gasteiger partial charge in [0.15, 0.2) is 11.5 Å². The van der Waals surface area contributed by atoms with Gasteiger partial charge in [0.2, 0.25) is 0 Å². The van der Waals surface area contributed by atoms with Crippen LogP contribution in [0.2, 0.25) is 0 Å². The predicted octanol–water partition coefficient (Wildman–Crippen LogP) is 2.48. The Balaban J connectivity index is 1.87. The van der Waals surface area contributed by atoms with Crippen LogP contribution in [-0.4, -0.2) is 38.9 Å². The third-order valence-electron chi connectivity index (χ3n) is 5.46. The minimum absolute atomic E-state index is 0.125. The average molecular weight is 413 g/mol. The summed E-state index contributed by atoms with van der Waals surface area (Å²) >= 11 is 0. The monoisotopic (exact) mass is 412 g/mol. The molecule has 2 aromatic carbocycles. The van der Waals surface area contributed by atoms with Crippen LogP contribution in [0.15, 0.2) is 42.5 Å². The molecule has 0 saturated carbocycles. The van der Waals surface area contributed by atoms with Crippen LogP contribution in [0.5, 0.6) is 11.5 Å². The van der Waals surface area contributed by atoms with E-state index >= 15 is 0 Å². The summed E-state index contributed by atoms with van der Waals surface area (Å²) in [7, 11) is 3.32. The molecule has 3 N–H and O–H groups in total. The minimum atomic E-state index is -0.276. The molecule has 2 atom stereocenters. The number of urea groups is 1. The van der Waals surface area contributed by atoms with Gasteiger partial charge >= 0.3 is 6.03 Å². The van der Waals surface area contributed by atoms with E-state index in [2.05, 4.69) is 47.0 Å². The summed E-state index contributed by atoms with van der Waals surface area (Å²) in [6.07, 6.45) is 0.961. The summed E-state index contributed by atoms with van der Waals surface area (Å²) in [4.78, 5) is 13.9. The lowest BCUT2D eigenvalue weighted by molar-refractivity contribution is -0.945. The molecule has 0 aromatic heterocycles. The Kier molecular flexibility index (Phi) is 6.87. The van der Waals surface area contributed by atoms with Gasteiger partial charge in [-0.15, -0.1) is 0 Å². The van der Waals surface area contributed by atoms with Crippen molar-refractivity contribution in [3.05, 3.63) is 59.2 Å². The topological polar surface area (TPSA) is 64.0 Å². The molecular formula is C24H34N3O3+. The SMILES string of the molecule is COc1cc2c(cc1OC)[C@H](CNC(=O)NC(C)(C)C)[NH+](Cc1ccccc1)CC2. The lowest BCUT2D eigenvalue weighted by atomic mass is 9.91. The number of methoxy groups -OCH3 is 2. The lowest BCUT2D eigenvalue weighted by Crippen LogP contribution is -3.12. The average Bonchev–Trinajstić information content (AvgIpc) is 2.71. The molecule has 162 valence electrons. The highest BCUT2D eigenvalue weighted by molar-refractivity contribution is 5.74. The number of fused-ring (bicyclic) bond motifs is 1. The van der Waals surface area contributed by atoms with Gasteiger partial charge in [-0.25, -0.2) is 4.79 Å². The van der Waals surface area contributed by atoms with Crippen molar-refractivity contribution in [2.75, 3.05) is 27.3 Å². The first kappa shape index (κ1) is 22.0. The van der Waals surface area contributed by atoms with Gasteiger partial charge in [0.25, 0.3) is 0 Å². The lowest BCUT2D eigenvalue weighted by Gasteiger charge is -2.35. The van der Waals surface area contributed by atoms with Crippen molar-refractivity contribution in [2.24, 2.45) is 0 Å². The van der Waals surface area contributed by atoms with E-state index in [4.69, 9.17) is 9.47 Å². The summed E-state index contributed by atoms with van der Waals surface area (Å²) in [6.45, 7) is 8.38. The summed E-state index contributed by atoms with van der Waals surface area (Å²) in [5.41, 5.74) is 3.48. The van der Waals surface area contributed by atoms with Crippen LogP contribution in [0.3, 0.4) is 0 Å². The first-order valence-corrected chi connectivity index (χ1v) is 10.5. The molecule has 0 saturated heterocycles.